The van der Waals surface area contributed by atoms with Crippen LogP contribution in [0, 0.1) is 11.8 Å². The molecule has 4 rings (SSSR count). The van der Waals surface area contributed by atoms with E-state index in [4.69, 9.17) is 14.9 Å². The summed E-state index contributed by atoms with van der Waals surface area (Å²) < 4.78 is 61.7. The van der Waals surface area contributed by atoms with Crippen molar-refractivity contribution in [1.82, 2.24) is 9.47 Å². The highest BCUT2D eigenvalue weighted by atomic mass is 19.4. The number of carboxylic acid groups (broad SMARTS) is 1. The van der Waals surface area contributed by atoms with Crippen molar-refractivity contribution < 1.29 is 37.3 Å². The van der Waals surface area contributed by atoms with Crippen LogP contribution in [-0.2, 0) is 6.54 Å². The van der Waals surface area contributed by atoms with E-state index in [1.54, 1.807) is 24.3 Å². The zero-order valence-electron chi connectivity index (χ0n) is 21.8. The zero-order chi connectivity index (χ0) is 28.9. The van der Waals surface area contributed by atoms with Crippen molar-refractivity contribution >= 4 is 28.2 Å². The number of piperidine rings is 1. The van der Waals surface area contributed by atoms with Gasteiger partial charge in [0.1, 0.15) is 18.5 Å². The van der Waals surface area contributed by atoms with Crippen LogP contribution in [0.5, 0.6) is 5.75 Å². The molecule has 4 N–H and O–H groups in total. The van der Waals surface area contributed by atoms with Crippen molar-refractivity contribution in [2.45, 2.75) is 31.4 Å². The summed E-state index contributed by atoms with van der Waals surface area (Å²) in [5.41, 5.74) is 1.51. The normalized spacial score (nSPS) is 17.8. The lowest BCUT2D eigenvalue weighted by molar-refractivity contribution is -0.140. The number of β-amino-alcohol motifs (C(OH)–C–C–N with tert-alkyl or cyclic N) is 1. The van der Waals surface area contributed by atoms with Crippen molar-refractivity contribution in [3.05, 3.63) is 53.7 Å². The maximum atomic E-state index is 14.9. The fourth-order valence-corrected chi connectivity index (χ4v) is 4.78. The number of ether oxygens (including phenoxy) is 1. The van der Waals surface area contributed by atoms with Crippen LogP contribution in [0.25, 0.3) is 10.9 Å². The van der Waals surface area contributed by atoms with Crippen LogP contribution < -0.4 is 15.4 Å². The first kappa shape index (κ1) is 29.0. The number of fused-ring (bicyclic) bond motifs is 1. The number of aliphatic hydroxyl groups excluding tert-OH is 1. The Bertz CT molecular complexity index is 1410. The number of rotatable bonds is 9. The van der Waals surface area contributed by atoms with E-state index in [0.29, 0.717) is 41.8 Å². The van der Waals surface area contributed by atoms with Gasteiger partial charge in [-0.3, -0.25) is 4.90 Å². The second kappa shape index (κ2) is 12.5. The van der Waals surface area contributed by atoms with Gasteiger partial charge in [0.05, 0.1) is 48.8 Å². The van der Waals surface area contributed by atoms with Gasteiger partial charge in [-0.25, -0.2) is 9.18 Å². The molecule has 1 aliphatic heterocycles. The van der Waals surface area contributed by atoms with Crippen LogP contribution in [0.15, 0.2) is 42.5 Å². The number of methoxy groups -OCH3 is 1. The van der Waals surface area contributed by atoms with Gasteiger partial charge >= 0.3 is 12.1 Å². The lowest BCUT2D eigenvalue weighted by Gasteiger charge is -2.35. The molecular formula is C28H30F4N4O4. The maximum absolute atomic E-state index is 14.9. The van der Waals surface area contributed by atoms with E-state index in [-0.39, 0.29) is 36.7 Å². The Balaban J connectivity index is 1.58. The molecule has 8 nitrogen and oxygen atoms in total. The number of hydrogen-bond acceptors (Lipinski definition) is 6. The maximum Gasteiger partial charge on any atom is 0.406 e. The summed E-state index contributed by atoms with van der Waals surface area (Å²) in [6.45, 7) is -0.0976. The SMILES string of the molecule is COc1cc(C(=O)O)ccc1NCC#Cc1cc2c(N[C@H]3CCN(CCO)C[C@H]3F)cccc2n1CC(F)(F)F. The molecule has 2 heterocycles. The van der Waals surface area contributed by atoms with E-state index in [1.807, 2.05) is 4.90 Å². The number of aromatic nitrogens is 1. The molecule has 1 fully saturated rings. The van der Waals surface area contributed by atoms with Gasteiger partial charge in [-0.2, -0.15) is 13.2 Å². The van der Waals surface area contributed by atoms with Crippen molar-refractivity contribution in [2.24, 2.45) is 0 Å². The van der Waals surface area contributed by atoms with Gasteiger partial charge in [0, 0.05) is 30.7 Å². The van der Waals surface area contributed by atoms with Crippen LogP contribution in [0.1, 0.15) is 22.5 Å². The van der Waals surface area contributed by atoms with Gasteiger partial charge in [-0.05, 0) is 48.7 Å². The average Bonchev–Trinajstić information content (AvgIpc) is 3.24. The Morgan fingerprint density at radius 2 is 2.00 bits per heavy atom. The molecule has 3 aromatic rings. The number of aliphatic hydroxyl groups is 1. The molecule has 214 valence electrons. The summed E-state index contributed by atoms with van der Waals surface area (Å²) in [6, 6.07) is 10.2. The topological polar surface area (TPSA) is 99.0 Å². The predicted octanol–water partition coefficient (Wildman–Crippen LogP) is 4.19. The predicted molar refractivity (Wildman–Crippen MR) is 144 cm³/mol. The largest absolute Gasteiger partial charge is 0.495 e. The fourth-order valence-electron chi connectivity index (χ4n) is 4.78. The molecule has 0 saturated carbocycles. The Kier molecular flexibility index (Phi) is 9.07. The first-order valence-corrected chi connectivity index (χ1v) is 12.7. The molecule has 0 bridgehead atoms. The Hall–Kier alpha value is -3.95. The summed E-state index contributed by atoms with van der Waals surface area (Å²) >= 11 is 0. The molecule has 40 heavy (non-hydrogen) atoms. The number of anilines is 2. The fraction of sp³-hybridized carbons (Fsp3) is 0.393. The summed E-state index contributed by atoms with van der Waals surface area (Å²) in [4.78, 5) is 13.0. The molecule has 0 unspecified atom stereocenters. The summed E-state index contributed by atoms with van der Waals surface area (Å²) in [6.07, 6.45) is -5.22. The highest BCUT2D eigenvalue weighted by Gasteiger charge is 2.31. The summed E-state index contributed by atoms with van der Waals surface area (Å²) in [5, 5.41) is 24.9. The molecule has 1 aliphatic rings. The van der Waals surface area contributed by atoms with Crippen LogP contribution in [0.2, 0.25) is 0 Å². The number of halogens is 4. The molecule has 12 heteroatoms. The van der Waals surface area contributed by atoms with E-state index in [0.717, 1.165) is 4.57 Å². The smallest absolute Gasteiger partial charge is 0.406 e. The number of carbonyl (C=O) groups is 1. The Morgan fingerprint density at radius 3 is 2.67 bits per heavy atom. The van der Waals surface area contributed by atoms with Crippen LogP contribution in [0.3, 0.4) is 0 Å². The first-order valence-electron chi connectivity index (χ1n) is 12.7. The zero-order valence-corrected chi connectivity index (χ0v) is 21.8. The number of nitrogens with one attached hydrogen (secondary N) is 2. The number of hydrogen-bond donors (Lipinski definition) is 4. The molecule has 0 aliphatic carbocycles. The summed E-state index contributed by atoms with van der Waals surface area (Å²) in [5.74, 6) is 4.81. The molecule has 2 atom stereocenters. The molecule has 0 spiro atoms. The quantitative estimate of drug-likeness (QED) is 0.229. The molecule has 1 saturated heterocycles. The molecule has 0 amide bonds. The minimum atomic E-state index is -4.49. The van der Waals surface area contributed by atoms with Gasteiger partial charge in [-0.1, -0.05) is 12.0 Å². The minimum Gasteiger partial charge on any atom is -0.495 e. The lowest BCUT2D eigenvalue weighted by atomic mass is 10.0. The summed E-state index contributed by atoms with van der Waals surface area (Å²) in [7, 11) is 1.39. The number of aromatic carboxylic acids is 1. The molecular weight excluding hydrogens is 532 g/mol. The molecule has 1 aromatic heterocycles. The number of likely N-dealkylation sites (tertiary alicyclic amines) is 1. The lowest BCUT2D eigenvalue weighted by Crippen LogP contribution is -2.48. The first-order chi connectivity index (χ1) is 19.1. The van der Waals surface area contributed by atoms with E-state index in [2.05, 4.69) is 22.5 Å². The Morgan fingerprint density at radius 1 is 1.20 bits per heavy atom. The van der Waals surface area contributed by atoms with Crippen LogP contribution in [-0.4, -0.2) is 83.9 Å². The monoisotopic (exact) mass is 562 g/mol. The van der Waals surface area contributed by atoms with E-state index in [9.17, 15) is 22.4 Å². The van der Waals surface area contributed by atoms with E-state index in [1.165, 1.54) is 25.3 Å². The third kappa shape index (κ3) is 6.97. The number of alkyl halides is 4. The van der Waals surface area contributed by atoms with Crippen LogP contribution in [0.4, 0.5) is 28.9 Å². The highest BCUT2D eigenvalue weighted by molar-refractivity contribution is 5.94. The highest BCUT2D eigenvalue weighted by Crippen LogP contribution is 2.32. The van der Waals surface area contributed by atoms with Crippen LogP contribution >= 0.6 is 0 Å². The van der Waals surface area contributed by atoms with E-state index >= 15 is 0 Å². The number of benzene rings is 2. The van der Waals surface area contributed by atoms with E-state index < -0.39 is 30.9 Å². The van der Waals surface area contributed by atoms with Gasteiger partial charge in [0.15, 0.2) is 0 Å². The van der Waals surface area contributed by atoms with Crippen molar-refractivity contribution in [3.8, 4) is 17.6 Å². The van der Waals surface area contributed by atoms with Crippen molar-refractivity contribution in [1.29, 1.82) is 0 Å². The average molecular weight is 563 g/mol. The molecule has 2 aromatic carbocycles. The minimum absolute atomic E-state index is 0.0457. The third-order valence-corrected chi connectivity index (χ3v) is 6.70. The Labute approximate surface area is 228 Å². The number of nitrogens with zero attached hydrogens (tertiary/aromatic N) is 2. The second-order valence-electron chi connectivity index (χ2n) is 9.42. The van der Waals surface area contributed by atoms with Gasteiger partial charge < -0.3 is 30.2 Å². The van der Waals surface area contributed by atoms with Gasteiger partial charge in [-0.15, -0.1) is 0 Å². The number of carboxylic acids is 1. The third-order valence-electron chi connectivity index (χ3n) is 6.70. The standard InChI is InChI=1S/C28H30F4N4O4/c1-40-26-14-18(27(38)39)7-8-24(26)33-10-3-4-19-15-20-22(5-2-6-25(20)36(19)17-28(30,31)32)34-23-9-11-35(12-13-37)16-21(23)29/h2,5-8,14-15,21,23,33-34,37H,9-13,16-17H2,1H3,(H,38,39)/t21-,23+/m1/s1. The van der Waals surface area contributed by atoms with Crippen molar-refractivity contribution in [2.75, 3.05) is 50.5 Å². The second-order valence-corrected chi connectivity index (χ2v) is 9.42. The molecule has 0 radical (unpaired) electrons. The van der Waals surface area contributed by atoms with Gasteiger partial charge in [0.2, 0.25) is 0 Å². The van der Waals surface area contributed by atoms with Gasteiger partial charge in [0.25, 0.3) is 0 Å². The van der Waals surface area contributed by atoms with Crippen molar-refractivity contribution in [3.63, 3.8) is 0 Å².